The number of aryl methyl sites for hydroxylation is 1. The predicted octanol–water partition coefficient (Wildman–Crippen LogP) is 3.56. The molecule has 0 radical (unpaired) electrons. The Morgan fingerprint density at radius 1 is 1.39 bits per heavy atom. The Kier molecular flexibility index (Phi) is 4.24. The molecule has 1 aromatic heterocycles. The van der Waals surface area contributed by atoms with E-state index in [0.29, 0.717) is 16.3 Å². The maximum atomic E-state index is 12.2. The number of nitrogens with one attached hydrogen (secondary N) is 2. The highest BCUT2D eigenvalue weighted by atomic mass is 35.5. The highest BCUT2D eigenvalue weighted by molar-refractivity contribution is 7.29. The zero-order valence-corrected chi connectivity index (χ0v) is 14.5. The summed E-state index contributed by atoms with van der Waals surface area (Å²) in [6.07, 6.45) is 1.59. The van der Waals surface area contributed by atoms with Crippen molar-refractivity contribution in [3.05, 3.63) is 46.7 Å². The number of aromatic nitrogens is 2. The van der Waals surface area contributed by atoms with Gasteiger partial charge in [-0.3, -0.25) is 0 Å². The van der Waals surface area contributed by atoms with E-state index in [4.69, 9.17) is 16.3 Å². The first-order valence-corrected chi connectivity index (χ1v) is 7.84. The number of methoxy groups -OCH3 is 1. The van der Waals surface area contributed by atoms with Gasteiger partial charge in [-0.2, -0.15) is 0 Å². The van der Waals surface area contributed by atoms with E-state index in [2.05, 4.69) is 24.5 Å². The summed E-state index contributed by atoms with van der Waals surface area (Å²) in [4.78, 5) is 19.5. The van der Waals surface area contributed by atoms with Crippen LogP contribution in [0.25, 0.3) is 11.0 Å². The Morgan fingerprint density at radius 2 is 2.17 bits per heavy atom. The van der Waals surface area contributed by atoms with Gasteiger partial charge >= 0.3 is 5.97 Å². The molecule has 2 N–H and O–H groups in total. The summed E-state index contributed by atoms with van der Waals surface area (Å²) in [5, 5.41) is 4.75. The van der Waals surface area contributed by atoms with Crippen molar-refractivity contribution >= 4 is 54.5 Å². The smallest absolute Gasteiger partial charge is 0.340 e. The van der Waals surface area contributed by atoms with Gasteiger partial charge in [0.2, 0.25) is 0 Å². The van der Waals surface area contributed by atoms with Crippen LogP contribution in [0.5, 0.6) is 0 Å². The van der Waals surface area contributed by atoms with Crippen LogP contribution in [0.4, 0.5) is 11.4 Å². The summed E-state index contributed by atoms with van der Waals surface area (Å²) in [6.45, 7) is 1.95. The molecule has 0 saturated carbocycles. The second-order valence-corrected chi connectivity index (χ2v) is 6.10. The van der Waals surface area contributed by atoms with Crippen LogP contribution < -0.4 is 10.6 Å². The van der Waals surface area contributed by atoms with Gasteiger partial charge in [0.15, 0.2) is 0 Å². The van der Waals surface area contributed by atoms with E-state index in [1.165, 1.54) is 7.11 Å². The molecule has 0 fully saturated rings. The monoisotopic (exact) mass is 347 g/mol. The molecule has 1 atom stereocenters. The number of fused-ring (bicyclic) bond motifs is 1. The van der Waals surface area contributed by atoms with Crippen LogP contribution in [0.3, 0.4) is 0 Å². The summed E-state index contributed by atoms with van der Waals surface area (Å²) in [5.74, 6) is -0.417. The quantitative estimate of drug-likeness (QED) is 0.561. The van der Waals surface area contributed by atoms with E-state index in [1.807, 2.05) is 19.1 Å². The van der Waals surface area contributed by atoms with Crippen LogP contribution in [-0.4, -0.2) is 23.0 Å². The molecular weight excluding hydrogens is 333 g/mol. The zero-order valence-electron chi connectivity index (χ0n) is 12.6. The fourth-order valence-corrected chi connectivity index (χ4v) is 3.10. The van der Waals surface area contributed by atoms with Gasteiger partial charge in [-0.15, -0.1) is 9.24 Å². The number of anilines is 2. The van der Waals surface area contributed by atoms with Gasteiger partial charge in [0, 0.05) is 16.0 Å². The molecule has 7 heteroatoms. The summed E-state index contributed by atoms with van der Waals surface area (Å²) < 4.78 is 4.90. The lowest BCUT2D eigenvalue weighted by molar-refractivity contribution is 0.0602. The lowest BCUT2D eigenvalue weighted by Gasteiger charge is -2.16. The molecule has 0 spiro atoms. The number of halogens is 1. The van der Waals surface area contributed by atoms with E-state index < -0.39 is 5.97 Å². The molecule has 3 aromatic rings. The normalized spacial score (nSPS) is 10.8. The summed E-state index contributed by atoms with van der Waals surface area (Å²) >= 11 is 6.00. The molecule has 1 heterocycles. The van der Waals surface area contributed by atoms with Crippen molar-refractivity contribution in [2.75, 3.05) is 12.4 Å². The van der Waals surface area contributed by atoms with Crippen LogP contribution in [0.1, 0.15) is 15.9 Å². The van der Waals surface area contributed by atoms with Crippen LogP contribution in [0.2, 0.25) is 5.02 Å². The molecule has 1 unspecified atom stereocenters. The number of ether oxygens (including phenoxy) is 1. The van der Waals surface area contributed by atoms with Gasteiger partial charge in [0.05, 0.1) is 35.7 Å². The Hall–Kier alpha value is -2.10. The standard InChI is InChI=1S/C16H15ClN3O2P/c1-8-5-9(17)3-4-11(8)20-13-10(16(21)22-2)6-12-14(15(13)23)19-7-18-12/h3-7,20H,23H2,1-2H3,(H,18,19). The van der Waals surface area contributed by atoms with Gasteiger partial charge in [-0.1, -0.05) is 11.6 Å². The van der Waals surface area contributed by atoms with E-state index in [1.54, 1.807) is 18.5 Å². The van der Waals surface area contributed by atoms with Crippen LogP contribution in [0.15, 0.2) is 30.6 Å². The lowest BCUT2D eigenvalue weighted by Crippen LogP contribution is -2.13. The van der Waals surface area contributed by atoms with Crippen molar-refractivity contribution in [1.29, 1.82) is 0 Å². The molecule has 23 heavy (non-hydrogen) atoms. The van der Waals surface area contributed by atoms with Crippen molar-refractivity contribution in [3.63, 3.8) is 0 Å². The molecule has 118 valence electrons. The number of carbonyl (C=O) groups is 1. The number of hydrogen-bond donors (Lipinski definition) is 2. The number of H-pyrrole nitrogens is 1. The maximum absolute atomic E-state index is 12.2. The van der Waals surface area contributed by atoms with Gasteiger partial charge in [-0.25, -0.2) is 9.78 Å². The molecule has 0 amide bonds. The number of imidazole rings is 1. The van der Waals surface area contributed by atoms with Crippen LogP contribution >= 0.6 is 20.8 Å². The fraction of sp³-hybridized carbons (Fsp3) is 0.125. The molecule has 5 nitrogen and oxygen atoms in total. The highest BCUT2D eigenvalue weighted by Gasteiger charge is 2.19. The predicted molar refractivity (Wildman–Crippen MR) is 96.2 cm³/mol. The van der Waals surface area contributed by atoms with E-state index in [-0.39, 0.29) is 0 Å². The minimum absolute atomic E-state index is 0.417. The van der Waals surface area contributed by atoms with E-state index >= 15 is 0 Å². The van der Waals surface area contributed by atoms with Gasteiger partial charge in [-0.05, 0) is 36.8 Å². The third-order valence-corrected chi connectivity index (χ3v) is 4.40. The Labute approximate surface area is 140 Å². The van der Waals surface area contributed by atoms with Crippen molar-refractivity contribution in [1.82, 2.24) is 9.97 Å². The Bertz CT molecular complexity index is 908. The molecular formula is C16H15ClN3O2P. The van der Waals surface area contributed by atoms with Crippen LogP contribution in [-0.2, 0) is 4.74 Å². The minimum atomic E-state index is -0.417. The van der Waals surface area contributed by atoms with Gasteiger partial charge in [0.1, 0.15) is 0 Å². The zero-order chi connectivity index (χ0) is 16.6. The largest absolute Gasteiger partial charge is 0.465 e. The maximum Gasteiger partial charge on any atom is 0.340 e. The van der Waals surface area contributed by atoms with Gasteiger partial charge in [0.25, 0.3) is 0 Å². The highest BCUT2D eigenvalue weighted by Crippen LogP contribution is 2.29. The number of esters is 1. The Balaban J connectivity index is 2.17. The number of hydrogen-bond acceptors (Lipinski definition) is 4. The van der Waals surface area contributed by atoms with E-state index in [9.17, 15) is 4.79 Å². The average molecular weight is 348 g/mol. The number of carbonyl (C=O) groups excluding carboxylic acids is 1. The van der Waals surface area contributed by atoms with E-state index in [0.717, 1.165) is 27.6 Å². The topological polar surface area (TPSA) is 67.0 Å². The van der Waals surface area contributed by atoms with Crippen LogP contribution in [0, 0.1) is 6.92 Å². The molecule has 0 bridgehead atoms. The first-order valence-electron chi connectivity index (χ1n) is 6.88. The molecule has 0 aliphatic rings. The van der Waals surface area contributed by atoms with Crippen molar-refractivity contribution in [3.8, 4) is 0 Å². The third-order valence-electron chi connectivity index (χ3n) is 3.60. The SMILES string of the molecule is COC(=O)c1cc2[nH]cnc2c(P)c1Nc1ccc(Cl)cc1C. The molecule has 0 aliphatic carbocycles. The molecule has 3 rings (SSSR count). The fourth-order valence-electron chi connectivity index (χ4n) is 2.42. The number of rotatable bonds is 3. The second kappa shape index (κ2) is 6.19. The Morgan fingerprint density at radius 3 is 2.87 bits per heavy atom. The summed E-state index contributed by atoms with van der Waals surface area (Å²) in [6, 6.07) is 7.26. The number of aromatic amines is 1. The van der Waals surface area contributed by atoms with Gasteiger partial charge < -0.3 is 15.0 Å². The number of nitrogens with zero attached hydrogens (tertiary/aromatic N) is 1. The first-order chi connectivity index (χ1) is 11.0. The average Bonchev–Trinajstić information content (AvgIpc) is 3.00. The molecule has 2 aromatic carbocycles. The molecule has 0 saturated heterocycles. The lowest BCUT2D eigenvalue weighted by atomic mass is 10.1. The first kappa shape index (κ1) is 15.8. The summed E-state index contributed by atoms with van der Waals surface area (Å²) in [5.41, 5.74) is 4.46. The minimum Gasteiger partial charge on any atom is -0.465 e. The molecule has 0 aliphatic heterocycles. The number of benzene rings is 2. The van der Waals surface area contributed by atoms with Crippen molar-refractivity contribution in [2.24, 2.45) is 0 Å². The van der Waals surface area contributed by atoms with Crippen molar-refractivity contribution in [2.45, 2.75) is 6.92 Å². The van der Waals surface area contributed by atoms with Crippen molar-refractivity contribution < 1.29 is 9.53 Å². The summed E-state index contributed by atoms with van der Waals surface area (Å²) in [7, 11) is 3.99. The third kappa shape index (κ3) is 2.90. The second-order valence-electron chi connectivity index (χ2n) is 5.09.